The highest BCUT2D eigenvalue weighted by molar-refractivity contribution is 5.84. The predicted octanol–water partition coefficient (Wildman–Crippen LogP) is 4.06. The number of nitrogens with one attached hydrogen (secondary N) is 1. The minimum atomic E-state index is 0.526. The van der Waals surface area contributed by atoms with Crippen molar-refractivity contribution < 1.29 is 4.74 Å². The number of ether oxygens (including phenoxy) is 1. The van der Waals surface area contributed by atoms with E-state index in [4.69, 9.17) is 4.74 Å². The van der Waals surface area contributed by atoms with E-state index in [-0.39, 0.29) is 0 Å². The zero-order chi connectivity index (χ0) is 18.3. The largest absolute Gasteiger partial charge is 0.496 e. The second kappa shape index (κ2) is 6.72. The highest BCUT2D eigenvalue weighted by Gasteiger charge is 2.23. The molecule has 1 unspecified atom stereocenters. The molecule has 0 aliphatic carbocycles. The van der Waals surface area contributed by atoms with E-state index < -0.39 is 0 Å². The highest BCUT2D eigenvalue weighted by Crippen LogP contribution is 2.35. The van der Waals surface area contributed by atoms with Crippen molar-refractivity contribution >= 4 is 11.0 Å². The van der Waals surface area contributed by atoms with Crippen LogP contribution in [0.25, 0.3) is 22.3 Å². The van der Waals surface area contributed by atoms with Crippen LogP contribution in [-0.2, 0) is 0 Å². The molecule has 5 heteroatoms. The standard InChI is InChI=1S/C21H26N4O/c1-13-8-14(2)20(19(9-13)26-4)17-10-18-21(24-23-17)16(11-22-18)15-6-5-7-25(3)12-15/h8-11,15,22H,5-7,12H2,1-4H3. The van der Waals surface area contributed by atoms with E-state index in [1.807, 2.05) is 6.07 Å². The molecule has 26 heavy (non-hydrogen) atoms. The molecule has 1 saturated heterocycles. The van der Waals surface area contributed by atoms with Gasteiger partial charge in [-0.1, -0.05) is 6.07 Å². The summed E-state index contributed by atoms with van der Waals surface area (Å²) in [5.74, 6) is 1.37. The Labute approximate surface area is 154 Å². The third-order valence-electron chi connectivity index (χ3n) is 5.43. The summed E-state index contributed by atoms with van der Waals surface area (Å²) in [5.41, 5.74) is 7.52. The zero-order valence-corrected chi connectivity index (χ0v) is 16.0. The number of piperidine rings is 1. The van der Waals surface area contributed by atoms with Crippen LogP contribution in [0.5, 0.6) is 5.75 Å². The Morgan fingerprint density at radius 1 is 1.19 bits per heavy atom. The fourth-order valence-corrected chi connectivity index (χ4v) is 4.21. The van der Waals surface area contributed by atoms with Gasteiger partial charge in [-0.05, 0) is 63.5 Å². The summed E-state index contributed by atoms with van der Waals surface area (Å²) in [7, 11) is 3.90. The van der Waals surface area contributed by atoms with Gasteiger partial charge < -0.3 is 14.6 Å². The lowest BCUT2D eigenvalue weighted by atomic mass is 9.92. The second-order valence-corrected chi connectivity index (χ2v) is 7.50. The van der Waals surface area contributed by atoms with Gasteiger partial charge in [-0.15, -0.1) is 10.2 Å². The van der Waals surface area contributed by atoms with Gasteiger partial charge in [0.25, 0.3) is 0 Å². The van der Waals surface area contributed by atoms with Crippen molar-refractivity contribution in [3.8, 4) is 17.0 Å². The first-order valence-corrected chi connectivity index (χ1v) is 9.25. The van der Waals surface area contributed by atoms with Crippen LogP contribution in [0, 0.1) is 13.8 Å². The molecule has 0 radical (unpaired) electrons. The fourth-order valence-electron chi connectivity index (χ4n) is 4.21. The van der Waals surface area contributed by atoms with E-state index in [1.54, 1.807) is 7.11 Å². The number of nitrogens with zero attached hydrogens (tertiary/aromatic N) is 3. The van der Waals surface area contributed by atoms with Crippen molar-refractivity contribution in [1.82, 2.24) is 20.1 Å². The molecule has 4 rings (SSSR count). The van der Waals surface area contributed by atoms with Crippen molar-refractivity contribution in [2.24, 2.45) is 0 Å². The average molecular weight is 350 g/mol. The highest BCUT2D eigenvalue weighted by atomic mass is 16.5. The van der Waals surface area contributed by atoms with Gasteiger partial charge in [0.2, 0.25) is 0 Å². The lowest BCUT2D eigenvalue weighted by molar-refractivity contribution is 0.251. The first kappa shape index (κ1) is 17.0. The number of methoxy groups -OCH3 is 1. The predicted molar refractivity (Wildman–Crippen MR) is 105 cm³/mol. The maximum Gasteiger partial charge on any atom is 0.128 e. The van der Waals surface area contributed by atoms with Crippen LogP contribution in [0.1, 0.15) is 35.4 Å². The Balaban J connectivity index is 1.76. The average Bonchev–Trinajstić information content (AvgIpc) is 3.04. The molecule has 136 valence electrons. The summed E-state index contributed by atoms with van der Waals surface area (Å²) in [6.45, 7) is 6.43. The van der Waals surface area contributed by atoms with Crippen LogP contribution in [0.2, 0.25) is 0 Å². The van der Waals surface area contributed by atoms with Crippen LogP contribution in [-0.4, -0.2) is 47.3 Å². The molecule has 1 N–H and O–H groups in total. The molecular weight excluding hydrogens is 324 g/mol. The number of aromatic nitrogens is 3. The lowest BCUT2D eigenvalue weighted by Crippen LogP contribution is -2.30. The monoisotopic (exact) mass is 350 g/mol. The Bertz CT molecular complexity index is 947. The summed E-state index contributed by atoms with van der Waals surface area (Å²) in [4.78, 5) is 5.82. The van der Waals surface area contributed by atoms with Crippen molar-refractivity contribution in [3.05, 3.63) is 41.1 Å². The van der Waals surface area contributed by atoms with E-state index in [9.17, 15) is 0 Å². The summed E-state index contributed by atoms with van der Waals surface area (Å²) < 4.78 is 5.60. The molecule has 0 spiro atoms. The molecule has 1 aliphatic heterocycles. The minimum absolute atomic E-state index is 0.526. The number of hydrogen-bond donors (Lipinski definition) is 1. The molecule has 1 fully saturated rings. The zero-order valence-electron chi connectivity index (χ0n) is 16.0. The number of likely N-dealkylation sites (N-methyl/N-ethyl adjacent to an activating group) is 1. The molecule has 0 amide bonds. The Hall–Kier alpha value is -2.40. The van der Waals surface area contributed by atoms with Crippen LogP contribution < -0.4 is 4.74 Å². The Kier molecular flexibility index (Phi) is 4.41. The fraction of sp³-hybridized carbons (Fsp3) is 0.429. The van der Waals surface area contributed by atoms with E-state index >= 15 is 0 Å². The Morgan fingerprint density at radius 3 is 2.81 bits per heavy atom. The van der Waals surface area contributed by atoms with Crippen molar-refractivity contribution in [1.29, 1.82) is 0 Å². The second-order valence-electron chi connectivity index (χ2n) is 7.50. The Morgan fingerprint density at radius 2 is 2.04 bits per heavy atom. The molecule has 1 atom stereocenters. The number of fused-ring (bicyclic) bond motifs is 1. The normalized spacial score (nSPS) is 18.4. The topological polar surface area (TPSA) is 54.0 Å². The number of hydrogen-bond acceptors (Lipinski definition) is 4. The van der Waals surface area contributed by atoms with E-state index in [2.05, 4.69) is 59.3 Å². The minimum Gasteiger partial charge on any atom is -0.496 e. The molecule has 1 aromatic carbocycles. The van der Waals surface area contributed by atoms with Gasteiger partial charge in [-0.2, -0.15) is 0 Å². The number of aryl methyl sites for hydroxylation is 2. The maximum atomic E-state index is 5.60. The number of benzene rings is 1. The van der Waals surface area contributed by atoms with Gasteiger partial charge in [-0.3, -0.25) is 0 Å². The first-order valence-electron chi connectivity index (χ1n) is 9.25. The van der Waals surface area contributed by atoms with Crippen LogP contribution in [0.4, 0.5) is 0 Å². The van der Waals surface area contributed by atoms with Gasteiger partial charge in [-0.25, -0.2) is 0 Å². The number of aromatic amines is 1. The van der Waals surface area contributed by atoms with E-state index in [0.29, 0.717) is 5.92 Å². The van der Waals surface area contributed by atoms with Crippen LogP contribution in [0.3, 0.4) is 0 Å². The third kappa shape index (κ3) is 2.97. The number of H-pyrrole nitrogens is 1. The first-order chi connectivity index (χ1) is 12.6. The SMILES string of the molecule is COc1cc(C)cc(C)c1-c1cc2[nH]cc(C3CCCN(C)C3)c2nn1. The van der Waals surface area contributed by atoms with Crippen LogP contribution >= 0.6 is 0 Å². The van der Waals surface area contributed by atoms with Gasteiger partial charge in [0.15, 0.2) is 0 Å². The lowest BCUT2D eigenvalue weighted by Gasteiger charge is -2.29. The van der Waals surface area contributed by atoms with Crippen LogP contribution in [0.15, 0.2) is 24.4 Å². The molecule has 1 aliphatic rings. The van der Waals surface area contributed by atoms with Gasteiger partial charge in [0.1, 0.15) is 11.3 Å². The van der Waals surface area contributed by atoms with E-state index in [0.717, 1.165) is 40.1 Å². The number of likely N-dealkylation sites (tertiary alicyclic amines) is 1. The van der Waals surface area contributed by atoms with Gasteiger partial charge >= 0.3 is 0 Å². The molecular formula is C21H26N4O. The summed E-state index contributed by atoms with van der Waals surface area (Å²) in [6, 6.07) is 6.30. The third-order valence-corrected chi connectivity index (χ3v) is 5.43. The van der Waals surface area contributed by atoms with Crippen molar-refractivity contribution in [2.45, 2.75) is 32.6 Å². The van der Waals surface area contributed by atoms with Gasteiger partial charge in [0.05, 0.1) is 18.3 Å². The quantitative estimate of drug-likeness (QED) is 0.774. The van der Waals surface area contributed by atoms with Crippen molar-refractivity contribution in [2.75, 3.05) is 27.2 Å². The molecule has 0 saturated carbocycles. The smallest absolute Gasteiger partial charge is 0.128 e. The summed E-state index contributed by atoms with van der Waals surface area (Å²) in [5, 5.41) is 9.16. The molecule has 3 heterocycles. The molecule has 5 nitrogen and oxygen atoms in total. The van der Waals surface area contributed by atoms with Crippen molar-refractivity contribution in [3.63, 3.8) is 0 Å². The van der Waals surface area contributed by atoms with Gasteiger partial charge in [0, 0.05) is 29.8 Å². The molecule has 0 bridgehead atoms. The number of rotatable bonds is 3. The summed E-state index contributed by atoms with van der Waals surface area (Å²) in [6.07, 6.45) is 4.57. The van der Waals surface area contributed by atoms with E-state index in [1.165, 1.54) is 30.5 Å². The summed E-state index contributed by atoms with van der Waals surface area (Å²) >= 11 is 0. The molecule has 2 aromatic heterocycles. The molecule has 3 aromatic rings. The maximum absolute atomic E-state index is 5.60.